The first-order valence-electron chi connectivity index (χ1n) is 12.2. The number of quaternary nitrogens is 1. The van der Waals surface area contributed by atoms with Gasteiger partial charge in [-0.15, -0.1) is 0 Å². The molecule has 1 atom stereocenters. The van der Waals surface area contributed by atoms with E-state index in [4.69, 9.17) is 9.15 Å². The largest absolute Gasteiger partial charge is 0.467 e. The number of anilines is 1. The number of nitrogens with zero attached hydrogens (tertiary/aromatic N) is 2. The lowest BCUT2D eigenvalue weighted by Gasteiger charge is -2.52. The lowest BCUT2D eigenvalue weighted by Crippen LogP contribution is -2.65. The highest BCUT2D eigenvalue weighted by Crippen LogP contribution is 2.36. The zero-order chi connectivity index (χ0) is 22.5. The Balaban J connectivity index is 1.24. The van der Waals surface area contributed by atoms with Gasteiger partial charge >= 0.3 is 6.09 Å². The van der Waals surface area contributed by atoms with Crippen molar-refractivity contribution >= 4 is 11.8 Å². The fourth-order valence-electron chi connectivity index (χ4n) is 5.55. The summed E-state index contributed by atoms with van der Waals surface area (Å²) in [6.45, 7) is 4.88. The van der Waals surface area contributed by atoms with Crippen LogP contribution in [0.4, 0.5) is 10.5 Å². The van der Waals surface area contributed by atoms with E-state index < -0.39 is 0 Å². The number of hydrogen-bond donors (Lipinski definition) is 0. The van der Waals surface area contributed by atoms with Crippen LogP contribution in [-0.2, 0) is 17.7 Å². The minimum atomic E-state index is -0.279. The quantitative estimate of drug-likeness (QED) is 0.420. The van der Waals surface area contributed by atoms with Crippen molar-refractivity contribution in [3.05, 3.63) is 90.4 Å². The van der Waals surface area contributed by atoms with Gasteiger partial charge < -0.3 is 13.6 Å². The first kappa shape index (κ1) is 21.8. The Morgan fingerprint density at radius 2 is 1.70 bits per heavy atom. The molecule has 3 saturated heterocycles. The van der Waals surface area contributed by atoms with E-state index >= 15 is 0 Å². The van der Waals surface area contributed by atoms with Gasteiger partial charge in [-0.05, 0) is 36.2 Å². The third-order valence-electron chi connectivity index (χ3n) is 7.42. The minimum absolute atomic E-state index is 0.0143. The predicted octanol–water partition coefficient (Wildman–Crippen LogP) is 5.66. The van der Waals surface area contributed by atoms with E-state index in [-0.39, 0.29) is 12.2 Å². The third-order valence-corrected chi connectivity index (χ3v) is 7.42. The highest BCUT2D eigenvalue weighted by Gasteiger charge is 2.47. The zero-order valence-corrected chi connectivity index (χ0v) is 19.1. The first-order valence-corrected chi connectivity index (χ1v) is 12.2. The van der Waals surface area contributed by atoms with Crippen LogP contribution in [0.15, 0.2) is 83.5 Å². The number of amides is 1. The number of furan rings is 1. The van der Waals surface area contributed by atoms with Crippen LogP contribution >= 0.6 is 0 Å². The van der Waals surface area contributed by atoms with E-state index in [0.29, 0.717) is 12.5 Å². The van der Waals surface area contributed by atoms with Gasteiger partial charge in [-0.25, -0.2) is 4.79 Å². The van der Waals surface area contributed by atoms with E-state index in [0.717, 1.165) is 48.3 Å². The number of rotatable bonds is 8. The second-order valence-corrected chi connectivity index (χ2v) is 9.54. The van der Waals surface area contributed by atoms with Gasteiger partial charge in [0.2, 0.25) is 0 Å². The van der Waals surface area contributed by atoms with Crippen molar-refractivity contribution in [2.45, 2.75) is 38.3 Å². The smallest absolute Gasteiger partial charge is 0.415 e. The fraction of sp³-hybridized carbons (Fsp3) is 0.393. The summed E-state index contributed by atoms with van der Waals surface area (Å²) in [5.41, 5.74) is 2.23. The molecule has 0 radical (unpaired) electrons. The van der Waals surface area contributed by atoms with Gasteiger partial charge in [-0.1, -0.05) is 48.5 Å². The Hall–Kier alpha value is -3.05. The second-order valence-electron chi connectivity index (χ2n) is 9.54. The summed E-state index contributed by atoms with van der Waals surface area (Å²) in [4.78, 5) is 15.1. The number of ether oxygens (including phenoxy) is 1. The van der Waals surface area contributed by atoms with E-state index in [1.807, 2.05) is 42.5 Å². The van der Waals surface area contributed by atoms with E-state index in [1.165, 1.54) is 25.1 Å². The van der Waals surface area contributed by atoms with Crippen LogP contribution in [0.1, 0.15) is 30.6 Å². The number of carbonyl (C=O) groups is 1. The zero-order valence-electron chi connectivity index (χ0n) is 19.1. The second kappa shape index (κ2) is 9.84. The molecule has 0 unspecified atom stereocenters. The molecule has 2 bridgehead atoms. The van der Waals surface area contributed by atoms with Crippen LogP contribution in [-0.4, -0.2) is 42.9 Å². The molecule has 6 rings (SSSR count). The van der Waals surface area contributed by atoms with Gasteiger partial charge in [-0.3, -0.25) is 4.90 Å². The van der Waals surface area contributed by atoms with Gasteiger partial charge in [0.05, 0.1) is 32.4 Å². The Morgan fingerprint density at radius 3 is 2.39 bits per heavy atom. The van der Waals surface area contributed by atoms with E-state index in [2.05, 4.69) is 30.3 Å². The molecule has 3 aliphatic rings. The van der Waals surface area contributed by atoms with Crippen LogP contribution in [0, 0.1) is 5.92 Å². The number of piperidine rings is 3. The summed E-state index contributed by atoms with van der Waals surface area (Å²) in [7, 11) is 0. The lowest BCUT2D eigenvalue weighted by atomic mass is 9.83. The van der Waals surface area contributed by atoms with Gasteiger partial charge in [0.15, 0.2) is 6.10 Å². The summed E-state index contributed by atoms with van der Waals surface area (Å²) in [5, 5.41) is 0. The molecule has 1 amide bonds. The Labute approximate surface area is 196 Å². The SMILES string of the molecule is O=C(O[C@H]1C[N+]2(CCCc3ccccc3)CCC1CC2)N(Cc1ccco1)c1ccccc1. The molecular formula is C28H33N2O3+. The molecule has 5 heteroatoms. The molecule has 5 nitrogen and oxygen atoms in total. The summed E-state index contributed by atoms with van der Waals surface area (Å²) in [5.74, 6) is 1.22. The van der Waals surface area contributed by atoms with E-state index in [1.54, 1.807) is 11.2 Å². The standard InChI is InChI=1S/C28H33N2O3/c31-28(29(21-26-14-8-20-32-26)25-12-5-2-6-13-25)33-27-22-30(18-15-24(27)16-19-30)17-7-11-23-9-3-1-4-10-23/h1-6,8-10,12-14,20,24,27H,7,11,15-19,21-22H2/q+1/t24?,27-,30?/m0/s1. The number of carbonyl (C=O) groups excluding carboxylic acids is 1. The Morgan fingerprint density at radius 1 is 0.970 bits per heavy atom. The van der Waals surface area contributed by atoms with Gasteiger partial charge in [0.1, 0.15) is 12.3 Å². The van der Waals surface area contributed by atoms with Crippen molar-refractivity contribution in [1.82, 2.24) is 0 Å². The maximum Gasteiger partial charge on any atom is 0.415 e. The van der Waals surface area contributed by atoms with Crippen LogP contribution in [0.2, 0.25) is 0 Å². The highest BCUT2D eigenvalue weighted by molar-refractivity contribution is 5.87. The predicted molar refractivity (Wildman–Crippen MR) is 129 cm³/mol. The number of hydrogen-bond acceptors (Lipinski definition) is 3. The van der Waals surface area contributed by atoms with Gasteiger partial charge in [0, 0.05) is 30.9 Å². The molecule has 2 aromatic carbocycles. The number of para-hydroxylation sites is 1. The maximum atomic E-state index is 13.4. The molecule has 3 aliphatic heterocycles. The number of aryl methyl sites for hydroxylation is 1. The summed E-state index contributed by atoms with van der Waals surface area (Å²) < 4.78 is 12.8. The molecule has 0 N–H and O–H groups in total. The van der Waals surface area contributed by atoms with Crippen molar-refractivity contribution in [2.75, 3.05) is 31.1 Å². The minimum Gasteiger partial charge on any atom is -0.467 e. The molecule has 4 heterocycles. The number of benzene rings is 2. The van der Waals surface area contributed by atoms with Crippen LogP contribution in [0.3, 0.4) is 0 Å². The fourth-order valence-corrected chi connectivity index (χ4v) is 5.55. The first-order chi connectivity index (χ1) is 16.2. The number of fused-ring (bicyclic) bond motifs is 3. The van der Waals surface area contributed by atoms with Crippen LogP contribution in [0.25, 0.3) is 0 Å². The molecule has 0 spiro atoms. The van der Waals surface area contributed by atoms with Crippen molar-refractivity contribution in [1.29, 1.82) is 0 Å². The maximum absolute atomic E-state index is 13.4. The average Bonchev–Trinajstić information content (AvgIpc) is 3.38. The van der Waals surface area contributed by atoms with Crippen molar-refractivity contribution < 1.29 is 18.4 Å². The van der Waals surface area contributed by atoms with E-state index in [9.17, 15) is 4.79 Å². The van der Waals surface area contributed by atoms with Crippen molar-refractivity contribution in [2.24, 2.45) is 5.92 Å². The van der Waals surface area contributed by atoms with Crippen molar-refractivity contribution in [3.8, 4) is 0 Å². The van der Waals surface area contributed by atoms with Crippen LogP contribution in [0.5, 0.6) is 0 Å². The molecule has 0 saturated carbocycles. The van der Waals surface area contributed by atoms with Gasteiger partial charge in [-0.2, -0.15) is 0 Å². The molecule has 172 valence electrons. The average molecular weight is 446 g/mol. The Kier molecular flexibility index (Phi) is 6.49. The lowest BCUT2D eigenvalue weighted by molar-refractivity contribution is -0.946. The summed E-state index contributed by atoms with van der Waals surface area (Å²) >= 11 is 0. The normalized spacial score (nSPS) is 23.9. The molecule has 1 aromatic heterocycles. The summed E-state index contributed by atoms with van der Waals surface area (Å²) in [6, 6.07) is 24.2. The van der Waals surface area contributed by atoms with Crippen molar-refractivity contribution in [3.63, 3.8) is 0 Å². The summed E-state index contributed by atoms with van der Waals surface area (Å²) in [6.07, 6.45) is 5.92. The molecule has 3 aromatic rings. The van der Waals surface area contributed by atoms with Crippen LogP contribution < -0.4 is 4.90 Å². The topological polar surface area (TPSA) is 42.7 Å². The third kappa shape index (κ3) is 5.14. The van der Waals surface area contributed by atoms with Gasteiger partial charge in [0.25, 0.3) is 0 Å². The monoisotopic (exact) mass is 445 g/mol. The Bertz CT molecular complexity index is 1010. The molecule has 3 fully saturated rings. The molecule has 33 heavy (non-hydrogen) atoms. The molecular weight excluding hydrogens is 412 g/mol. The highest BCUT2D eigenvalue weighted by atomic mass is 16.6. The molecule has 0 aliphatic carbocycles.